The fourth-order valence-corrected chi connectivity index (χ4v) is 3.53. The molecule has 0 aliphatic heterocycles. The van der Waals surface area contributed by atoms with Gasteiger partial charge in [0.05, 0.1) is 0 Å². The van der Waals surface area contributed by atoms with Gasteiger partial charge in [0, 0.05) is 18.6 Å². The van der Waals surface area contributed by atoms with E-state index in [1.807, 2.05) is 6.92 Å². The van der Waals surface area contributed by atoms with Crippen LogP contribution in [0.15, 0.2) is 24.3 Å². The fraction of sp³-hybridized carbons (Fsp3) is 0.625. The fourth-order valence-electron chi connectivity index (χ4n) is 2.45. The number of likely N-dealkylation sites (N-methyl/N-ethyl adjacent to an activating group) is 1. The van der Waals surface area contributed by atoms with Gasteiger partial charge in [-0.3, -0.25) is 4.90 Å². The summed E-state index contributed by atoms with van der Waals surface area (Å²) in [5, 5.41) is 0. The molecule has 0 radical (unpaired) electrons. The van der Waals surface area contributed by atoms with Crippen molar-refractivity contribution in [3.8, 4) is 0 Å². The quantitative estimate of drug-likeness (QED) is 0.731. The summed E-state index contributed by atoms with van der Waals surface area (Å²) in [6.07, 6.45) is 0. The van der Waals surface area contributed by atoms with Crippen molar-refractivity contribution in [2.75, 3.05) is 19.6 Å². The predicted octanol–water partition coefficient (Wildman–Crippen LogP) is 2.21. The molecular weight excluding hydrogens is 298 g/mol. The lowest BCUT2D eigenvalue weighted by molar-refractivity contribution is 0.219. The molecule has 0 bridgehead atoms. The second-order valence-electron chi connectivity index (χ2n) is 5.77. The summed E-state index contributed by atoms with van der Waals surface area (Å²) in [7, 11) is -3.47. The molecule has 1 unspecified atom stereocenters. The number of nitrogens with zero attached hydrogens (tertiary/aromatic N) is 1. The first kappa shape index (κ1) is 19.1. The average molecular weight is 327 g/mol. The molecule has 0 aromatic heterocycles. The third-order valence-corrected chi connectivity index (χ3v) is 4.90. The smallest absolute Gasteiger partial charge is 0.277 e. The van der Waals surface area contributed by atoms with E-state index in [1.165, 1.54) is 5.56 Å². The lowest BCUT2D eigenvalue weighted by Crippen LogP contribution is -2.44. The van der Waals surface area contributed by atoms with Gasteiger partial charge >= 0.3 is 0 Å². The topological polar surface area (TPSA) is 61.4 Å². The van der Waals surface area contributed by atoms with Crippen molar-refractivity contribution in [3.63, 3.8) is 0 Å². The largest absolute Gasteiger partial charge is 0.296 e. The summed E-state index contributed by atoms with van der Waals surface area (Å²) in [6.45, 7) is 11.9. The van der Waals surface area contributed by atoms with Crippen molar-refractivity contribution in [1.29, 1.82) is 0 Å². The Bertz CT molecular complexity index is 537. The summed E-state index contributed by atoms with van der Waals surface area (Å²) in [6, 6.07) is 8.17. The van der Waals surface area contributed by atoms with Gasteiger partial charge in [0.25, 0.3) is 10.2 Å². The molecule has 1 aromatic carbocycles. The number of rotatable bonds is 9. The summed E-state index contributed by atoms with van der Waals surface area (Å²) >= 11 is 0. The summed E-state index contributed by atoms with van der Waals surface area (Å²) in [4.78, 5) is 2.25. The Hall–Kier alpha value is -0.950. The molecule has 0 saturated heterocycles. The van der Waals surface area contributed by atoms with Gasteiger partial charge in [0.1, 0.15) is 0 Å². The Labute approximate surface area is 135 Å². The molecule has 22 heavy (non-hydrogen) atoms. The molecule has 2 N–H and O–H groups in total. The van der Waals surface area contributed by atoms with Crippen LogP contribution in [-0.4, -0.2) is 39.0 Å². The molecule has 126 valence electrons. The van der Waals surface area contributed by atoms with Crippen LogP contribution in [0.3, 0.4) is 0 Å². The Morgan fingerprint density at radius 1 is 1.09 bits per heavy atom. The van der Waals surface area contributed by atoms with Gasteiger partial charge < -0.3 is 0 Å². The number of nitrogens with one attached hydrogen (secondary N) is 2. The maximum atomic E-state index is 12.0. The maximum absolute atomic E-state index is 12.0. The van der Waals surface area contributed by atoms with E-state index in [0.717, 1.165) is 18.7 Å². The minimum absolute atomic E-state index is 0.0272. The van der Waals surface area contributed by atoms with Gasteiger partial charge in [0.2, 0.25) is 0 Å². The van der Waals surface area contributed by atoms with Gasteiger partial charge in [-0.2, -0.15) is 13.1 Å². The zero-order valence-electron chi connectivity index (χ0n) is 14.3. The Morgan fingerprint density at radius 3 is 2.09 bits per heavy atom. The molecule has 5 nitrogen and oxygen atoms in total. The highest BCUT2D eigenvalue weighted by atomic mass is 32.2. The number of hydrogen-bond acceptors (Lipinski definition) is 3. The Balaban J connectivity index is 2.90. The average Bonchev–Trinajstić information content (AvgIpc) is 2.43. The van der Waals surface area contributed by atoms with Crippen LogP contribution in [0.2, 0.25) is 0 Å². The van der Waals surface area contributed by atoms with Gasteiger partial charge in [-0.15, -0.1) is 0 Å². The molecule has 0 saturated carbocycles. The van der Waals surface area contributed by atoms with Gasteiger partial charge in [-0.1, -0.05) is 43.7 Å². The standard InChI is InChI=1S/C16H29N3O2S/c1-6-19(7-2)16(15-10-8-14(5)9-11-15)12-17-22(20,21)18-13(3)4/h8-11,13,16-18H,6-7,12H2,1-5H3. The van der Waals surface area contributed by atoms with Crippen molar-refractivity contribution >= 4 is 10.2 Å². The minimum atomic E-state index is -3.47. The third kappa shape index (κ3) is 6.04. The van der Waals surface area contributed by atoms with Crippen LogP contribution >= 0.6 is 0 Å². The highest BCUT2D eigenvalue weighted by Crippen LogP contribution is 2.20. The first-order chi connectivity index (χ1) is 10.3. The monoisotopic (exact) mass is 327 g/mol. The highest BCUT2D eigenvalue weighted by molar-refractivity contribution is 7.87. The van der Waals surface area contributed by atoms with Crippen molar-refractivity contribution in [3.05, 3.63) is 35.4 Å². The number of aryl methyl sites for hydroxylation is 1. The SMILES string of the molecule is CCN(CC)C(CNS(=O)(=O)NC(C)C)c1ccc(C)cc1. The van der Waals surface area contributed by atoms with E-state index in [1.54, 1.807) is 13.8 Å². The van der Waals surface area contributed by atoms with Gasteiger partial charge in [-0.25, -0.2) is 4.72 Å². The molecule has 6 heteroatoms. The maximum Gasteiger partial charge on any atom is 0.277 e. The molecule has 1 rings (SSSR count). The van der Waals surface area contributed by atoms with Crippen LogP contribution in [0.5, 0.6) is 0 Å². The van der Waals surface area contributed by atoms with E-state index in [9.17, 15) is 8.42 Å². The van der Waals surface area contributed by atoms with Gasteiger partial charge in [0.15, 0.2) is 0 Å². The Morgan fingerprint density at radius 2 is 1.64 bits per heavy atom. The summed E-state index contributed by atoms with van der Waals surface area (Å²) < 4.78 is 29.2. The first-order valence-corrected chi connectivity index (χ1v) is 9.34. The Kier molecular flexibility index (Phi) is 7.48. The van der Waals surface area contributed by atoms with E-state index in [4.69, 9.17) is 0 Å². The third-order valence-electron chi connectivity index (χ3n) is 3.57. The molecule has 0 amide bonds. The zero-order chi connectivity index (χ0) is 16.8. The molecule has 1 atom stereocenters. The van der Waals surface area contributed by atoms with E-state index in [2.05, 4.69) is 52.5 Å². The van der Waals surface area contributed by atoms with Crippen LogP contribution in [-0.2, 0) is 10.2 Å². The second-order valence-corrected chi connectivity index (χ2v) is 7.30. The molecule has 0 aliphatic carbocycles. The predicted molar refractivity (Wildman–Crippen MR) is 92.0 cm³/mol. The van der Waals surface area contributed by atoms with Crippen molar-refractivity contribution in [1.82, 2.24) is 14.3 Å². The minimum Gasteiger partial charge on any atom is -0.296 e. The van der Waals surface area contributed by atoms with E-state index < -0.39 is 10.2 Å². The molecular formula is C16H29N3O2S. The van der Waals surface area contributed by atoms with Crippen LogP contribution in [0, 0.1) is 6.92 Å². The second kappa shape index (κ2) is 8.62. The van der Waals surface area contributed by atoms with Crippen LogP contribution in [0.1, 0.15) is 44.9 Å². The van der Waals surface area contributed by atoms with Crippen molar-refractivity contribution in [2.45, 2.75) is 46.7 Å². The molecule has 0 heterocycles. The van der Waals surface area contributed by atoms with Crippen LogP contribution in [0.4, 0.5) is 0 Å². The van der Waals surface area contributed by atoms with Gasteiger partial charge in [-0.05, 0) is 39.4 Å². The molecule has 0 spiro atoms. The highest BCUT2D eigenvalue weighted by Gasteiger charge is 2.21. The summed E-state index contributed by atoms with van der Waals surface area (Å²) in [5.41, 5.74) is 2.32. The lowest BCUT2D eigenvalue weighted by Gasteiger charge is -2.30. The van der Waals surface area contributed by atoms with Crippen LogP contribution < -0.4 is 9.44 Å². The number of hydrogen-bond donors (Lipinski definition) is 2. The molecule has 1 aromatic rings. The van der Waals surface area contributed by atoms with Crippen molar-refractivity contribution < 1.29 is 8.42 Å². The van der Waals surface area contributed by atoms with E-state index in [-0.39, 0.29) is 12.1 Å². The zero-order valence-corrected chi connectivity index (χ0v) is 15.1. The van der Waals surface area contributed by atoms with E-state index in [0.29, 0.717) is 6.54 Å². The van der Waals surface area contributed by atoms with Crippen molar-refractivity contribution in [2.24, 2.45) is 0 Å². The number of benzene rings is 1. The molecule has 0 aliphatic rings. The normalized spacial score (nSPS) is 13.8. The first-order valence-electron chi connectivity index (χ1n) is 7.86. The summed E-state index contributed by atoms with van der Waals surface area (Å²) in [5.74, 6) is 0. The molecule has 0 fully saturated rings. The van der Waals surface area contributed by atoms with Crippen LogP contribution in [0.25, 0.3) is 0 Å². The van der Waals surface area contributed by atoms with E-state index >= 15 is 0 Å². The lowest BCUT2D eigenvalue weighted by atomic mass is 10.0.